The van der Waals surface area contributed by atoms with E-state index in [1.807, 2.05) is 0 Å². The van der Waals surface area contributed by atoms with Crippen LogP contribution in [-0.2, 0) is 21.6 Å². The predicted octanol–water partition coefficient (Wildman–Crippen LogP) is 5.92. The van der Waals surface area contributed by atoms with Crippen molar-refractivity contribution in [2.24, 2.45) is 0 Å². The smallest absolute Gasteiger partial charge is 0.426 e. The highest BCUT2D eigenvalue weighted by Crippen LogP contribution is 2.49. The van der Waals surface area contributed by atoms with Crippen molar-refractivity contribution >= 4 is 40.9 Å². The molecule has 4 rings (SSSR count). The number of carbonyl (C=O) groups excluding carboxylic acids is 2. The lowest BCUT2D eigenvalue weighted by molar-refractivity contribution is -0.250. The maximum Gasteiger partial charge on any atom is 0.434 e. The largest absolute Gasteiger partial charge is 0.434 e. The van der Waals surface area contributed by atoms with Crippen molar-refractivity contribution in [3.05, 3.63) is 63.1 Å². The fourth-order valence-electron chi connectivity index (χ4n) is 4.19. The highest BCUT2D eigenvalue weighted by molar-refractivity contribution is 6.34. The van der Waals surface area contributed by atoms with Crippen molar-refractivity contribution < 1.29 is 27.5 Å². The van der Waals surface area contributed by atoms with Crippen LogP contribution in [0.25, 0.3) is 0 Å². The summed E-state index contributed by atoms with van der Waals surface area (Å²) in [6, 6.07) is 8.32. The minimum Gasteiger partial charge on any atom is -0.426 e. The second-order valence-corrected chi connectivity index (χ2v) is 8.71. The minimum absolute atomic E-state index is 0.00308. The van der Waals surface area contributed by atoms with Crippen LogP contribution in [0.2, 0.25) is 10.0 Å². The second kappa shape index (κ2) is 8.15. The number of hydrogen-bond acceptors (Lipinski definition) is 3. The Morgan fingerprint density at radius 1 is 1.22 bits per heavy atom. The van der Waals surface area contributed by atoms with Crippen LogP contribution in [0.4, 0.5) is 23.7 Å². The number of fused-ring (bicyclic) bond motifs is 1. The summed E-state index contributed by atoms with van der Waals surface area (Å²) in [7, 11) is 0. The van der Waals surface area contributed by atoms with E-state index in [1.54, 1.807) is 25.1 Å². The van der Waals surface area contributed by atoms with Gasteiger partial charge in [0.1, 0.15) is 0 Å². The zero-order valence-corrected chi connectivity index (χ0v) is 18.4. The molecule has 2 amide bonds. The SMILES string of the molecule is CCC(=O)NC1CCc2cc(N3CC(c4cc(Cl)cc(Cl)c4)(C(F)(F)F)OC3=O)ccc21. The van der Waals surface area contributed by atoms with Crippen LogP contribution in [0.3, 0.4) is 0 Å². The highest BCUT2D eigenvalue weighted by Gasteiger charge is 2.65. The Labute approximate surface area is 192 Å². The monoisotopic (exact) mass is 486 g/mol. The maximum atomic E-state index is 14.2. The van der Waals surface area contributed by atoms with Crippen LogP contribution < -0.4 is 10.2 Å². The number of halogens is 5. The van der Waals surface area contributed by atoms with Crippen molar-refractivity contribution in [2.75, 3.05) is 11.4 Å². The third kappa shape index (κ3) is 3.90. The summed E-state index contributed by atoms with van der Waals surface area (Å²) in [6.07, 6.45) is -4.35. The van der Waals surface area contributed by atoms with Gasteiger partial charge in [-0.1, -0.05) is 36.2 Å². The number of hydrogen-bond donors (Lipinski definition) is 1. The van der Waals surface area contributed by atoms with Gasteiger partial charge in [-0.25, -0.2) is 4.79 Å². The van der Waals surface area contributed by atoms with E-state index in [0.717, 1.165) is 28.2 Å². The summed E-state index contributed by atoms with van der Waals surface area (Å²) in [6.45, 7) is 0.980. The van der Waals surface area contributed by atoms with Gasteiger partial charge in [0, 0.05) is 27.7 Å². The third-order valence-electron chi connectivity index (χ3n) is 5.82. The molecule has 0 saturated carbocycles. The summed E-state index contributed by atoms with van der Waals surface area (Å²) in [5.74, 6) is -0.0785. The van der Waals surface area contributed by atoms with Crippen LogP contribution in [0, 0.1) is 0 Å². The Balaban J connectivity index is 1.68. The molecule has 0 aromatic heterocycles. The summed E-state index contributed by atoms with van der Waals surface area (Å²) >= 11 is 11.8. The van der Waals surface area contributed by atoms with Gasteiger partial charge >= 0.3 is 12.3 Å². The van der Waals surface area contributed by atoms with Gasteiger partial charge in [0.2, 0.25) is 5.91 Å². The van der Waals surface area contributed by atoms with E-state index in [9.17, 15) is 22.8 Å². The van der Waals surface area contributed by atoms with Gasteiger partial charge in [-0.2, -0.15) is 13.2 Å². The molecule has 1 saturated heterocycles. The van der Waals surface area contributed by atoms with E-state index in [0.29, 0.717) is 19.3 Å². The number of rotatable bonds is 4. The standard InChI is InChI=1S/C22H19Cl2F3N2O3/c1-2-19(30)28-18-6-3-12-7-16(4-5-17(12)18)29-11-21(22(25,26)27,32-20(29)31)13-8-14(23)10-15(24)9-13/h4-5,7-10,18H,2-3,6,11H2,1H3,(H,28,30). The summed E-state index contributed by atoms with van der Waals surface area (Å²) < 4.78 is 47.6. The zero-order valence-electron chi connectivity index (χ0n) is 16.9. The molecule has 1 N–H and O–H groups in total. The van der Waals surface area contributed by atoms with Crippen LogP contribution in [0.1, 0.15) is 42.5 Å². The molecule has 5 nitrogen and oxygen atoms in total. The first-order valence-electron chi connectivity index (χ1n) is 10.00. The number of carbonyl (C=O) groups is 2. The van der Waals surface area contributed by atoms with Crippen molar-refractivity contribution in [2.45, 2.75) is 44.0 Å². The van der Waals surface area contributed by atoms with Gasteiger partial charge in [0.15, 0.2) is 0 Å². The number of ether oxygens (including phenoxy) is 1. The lowest BCUT2D eigenvalue weighted by Crippen LogP contribution is -2.46. The Morgan fingerprint density at radius 3 is 2.53 bits per heavy atom. The number of amides is 2. The van der Waals surface area contributed by atoms with E-state index in [4.69, 9.17) is 27.9 Å². The summed E-state index contributed by atoms with van der Waals surface area (Å²) in [4.78, 5) is 25.3. The lowest BCUT2D eigenvalue weighted by Gasteiger charge is -2.30. The van der Waals surface area contributed by atoms with Gasteiger partial charge in [-0.05, 0) is 54.3 Å². The molecule has 1 aliphatic carbocycles. The maximum absolute atomic E-state index is 14.2. The predicted molar refractivity (Wildman–Crippen MR) is 114 cm³/mol. The van der Waals surface area contributed by atoms with Crippen molar-refractivity contribution in [1.29, 1.82) is 0 Å². The fraction of sp³-hybridized carbons (Fsp3) is 0.364. The Kier molecular flexibility index (Phi) is 5.79. The second-order valence-electron chi connectivity index (χ2n) is 7.83. The molecule has 2 aromatic rings. The Hall–Kier alpha value is -2.45. The average Bonchev–Trinajstić information content (AvgIpc) is 3.28. The quantitative estimate of drug-likeness (QED) is 0.583. The average molecular weight is 487 g/mol. The molecule has 2 unspecified atom stereocenters. The molecule has 1 fully saturated rings. The zero-order chi connectivity index (χ0) is 23.3. The van der Waals surface area contributed by atoms with Crippen molar-refractivity contribution in [3.63, 3.8) is 0 Å². The molecular formula is C22H19Cl2F3N2O3. The van der Waals surface area contributed by atoms with E-state index < -0.39 is 24.4 Å². The first-order chi connectivity index (χ1) is 15.0. The molecule has 1 heterocycles. The fourth-order valence-corrected chi connectivity index (χ4v) is 4.71. The number of alkyl halides is 3. The molecule has 170 valence electrons. The highest BCUT2D eigenvalue weighted by atomic mass is 35.5. The van der Waals surface area contributed by atoms with Gasteiger partial charge in [0.05, 0.1) is 12.6 Å². The lowest BCUT2D eigenvalue weighted by atomic mass is 9.92. The number of cyclic esters (lactones) is 1. The van der Waals surface area contributed by atoms with E-state index in [1.165, 1.54) is 6.07 Å². The number of nitrogens with one attached hydrogen (secondary N) is 1. The third-order valence-corrected chi connectivity index (χ3v) is 6.26. The number of aryl methyl sites for hydroxylation is 1. The summed E-state index contributed by atoms with van der Waals surface area (Å²) in [5.41, 5.74) is -1.20. The molecule has 2 atom stereocenters. The van der Waals surface area contributed by atoms with Gasteiger partial charge in [0.25, 0.3) is 5.60 Å². The van der Waals surface area contributed by atoms with Crippen LogP contribution >= 0.6 is 23.2 Å². The molecule has 2 aromatic carbocycles. The molecule has 1 aliphatic heterocycles. The normalized spacial score (nSPS) is 22.6. The van der Waals surface area contributed by atoms with Gasteiger partial charge < -0.3 is 10.1 Å². The molecule has 0 spiro atoms. The number of benzene rings is 2. The molecule has 32 heavy (non-hydrogen) atoms. The molecule has 0 bridgehead atoms. The molecule has 2 aliphatic rings. The molecular weight excluding hydrogens is 468 g/mol. The first kappa shape index (κ1) is 22.7. The first-order valence-corrected chi connectivity index (χ1v) is 10.8. The Bertz CT molecular complexity index is 1070. The van der Waals surface area contributed by atoms with Gasteiger partial charge in [-0.3, -0.25) is 9.69 Å². The molecule has 0 radical (unpaired) electrons. The summed E-state index contributed by atoms with van der Waals surface area (Å²) in [5, 5.41) is 2.94. The topological polar surface area (TPSA) is 58.6 Å². The van der Waals surface area contributed by atoms with Crippen molar-refractivity contribution in [3.8, 4) is 0 Å². The van der Waals surface area contributed by atoms with Crippen LogP contribution in [0.5, 0.6) is 0 Å². The Morgan fingerprint density at radius 2 is 1.91 bits per heavy atom. The van der Waals surface area contributed by atoms with Gasteiger partial charge in [-0.15, -0.1) is 0 Å². The molecule has 10 heteroatoms. The van der Waals surface area contributed by atoms with Crippen LogP contribution in [-0.4, -0.2) is 24.7 Å². The van der Waals surface area contributed by atoms with E-state index in [2.05, 4.69) is 5.32 Å². The van der Waals surface area contributed by atoms with Crippen LogP contribution in [0.15, 0.2) is 36.4 Å². The van der Waals surface area contributed by atoms with E-state index >= 15 is 0 Å². The van der Waals surface area contributed by atoms with E-state index in [-0.39, 0.29) is 33.2 Å². The minimum atomic E-state index is -4.91. The number of anilines is 1. The number of nitrogens with zero attached hydrogens (tertiary/aromatic N) is 1. The van der Waals surface area contributed by atoms with Crippen molar-refractivity contribution in [1.82, 2.24) is 5.32 Å².